The van der Waals surface area contributed by atoms with E-state index in [9.17, 15) is 4.79 Å². The molecule has 3 aliphatic rings. The summed E-state index contributed by atoms with van der Waals surface area (Å²) < 4.78 is 0. The maximum atomic E-state index is 13.3. The lowest BCUT2D eigenvalue weighted by Gasteiger charge is -2.48. The van der Waals surface area contributed by atoms with Crippen LogP contribution in [0.25, 0.3) is 0 Å². The SMILES string of the molecule is O=C1C2CCN(CC2)C1CC(c1ccccc1)(c1ccccc1)c1ccccn1. The van der Waals surface area contributed by atoms with E-state index in [-0.39, 0.29) is 12.0 Å². The van der Waals surface area contributed by atoms with Gasteiger partial charge in [0.05, 0.1) is 17.2 Å². The van der Waals surface area contributed by atoms with Crippen LogP contribution in [0.15, 0.2) is 85.1 Å². The molecule has 3 fully saturated rings. The van der Waals surface area contributed by atoms with Crippen LogP contribution in [-0.2, 0) is 10.2 Å². The lowest BCUT2D eigenvalue weighted by molar-refractivity contribution is -0.137. The Morgan fingerprint density at radius 3 is 1.93 bits per heavy atom. The van der Waals surface area contributed by atoms with E-state index in [1.807, 2.05) is 12.3 Å². The lowest BCUT2D eigenvalue weighted by Crippen LogP contribution is -2.57. The summed E-state index contributed by atoms with van der Waals surface area (Å²) in [5, 5.41) is 0. The monoisotopic (exact) mass is 382 g/mol. The van der Waals surface area contributed by atoms with Crippen LogP contribution >= 0.6 is 0 Å². The highest BCUT2D eigenvalue weighted by Gasteiger charge is 2.47. The molecule has 29 heavy (non-hydrogen) atoms. The first-order chi connectivity index (χ1) is 14.3. The second-order valence-electron chi connectivity index (χ2n) is 8.28. The van der Waals surface area contributed by atoms with E-state index in [1.54, 1.807) is 0 Å². The first-order valence-corrected chi connectivity index (χ1v) is 10.6. The Morgan fingerprint density at radius 2 is 1.41 bits per heavy atom. The number of ketones is 1. The first-order valence-electron chi connectivity index (χ1n) is 10.6. The Labute approximate surface area is 172 Å². The summed E-state index contributed by atoms with van der Waals surface area (Å²) in [6, 6.07) is 27.3. The Bertz CT molecular complexity index is 867. The van der Waals surface area contributed by atoms with Crippen molar-refractivity contribution in [3.8, 4) is 0 Å². The zero-order valence-electron chi connectivity index (χ0n) is 16.6. The van der Waals surface area contributed by atoms with Crippen molar-refractivity contribution in [2.45, 2.75) is 30.7 Å². The highest BCUT2D eigenvalue weighted by Crippen LogP contribution is 2.45. The van der Waals surface area contributed by atoms with E-state index in [0.29, 0.717) is 5.78 Å². The second-order valence-corrected chi connectivity index (χ2v) is 8.28. The third-order valence-corrected chi connectivity index (χ3v) is 6.84. The number of Topliss-reactive ketones (excluding diaryl/α,β-unsaturated/α-hetero) is 1. The number of benzene rings is 2. The molecule has 0 saturated carbocycles. The molecule has 3 nitrogen and oxygen atoms in total. The molecule has 146 valence electrons. The van der Waals surface area contributed by atoms with Gasteiger partial charge in [-0.2, -0.15) is 0 Å². The number of carbonyl (C=O) groups excluding carboxylic acids is 1. The molecule has 4 heterocycles. The number of nitrogens with zero attached hydrogens (tertiary/aromatic N) is 2. The van der Waals surface area contributed by atoms with Gasteiger partial charge < -0.3 is 0 Å². The zero-order chi connectivity index (χ0) is 19.7. The van der Waals surface area contributed by atoms with Crippen LogP contribution in [0.5, 0.6) is 0 Å². The predicted octanol–water partition coefficient (Wildman–Crippen LogP) is 4.47. The predicted molar refractivity (Wildman–Crippen MR) is 115 cm³/mol. The Hall–Kier alpha value is -2.78. The van der Waals surface area contributed by atoms with Crippen LogP contribution in [0.4, 0.5) is 0 Å². The number of hydrogen-bond donors (Lipinski definition) is 0. The van der Waals surface area contributed by atoms with Gasteiger partial charge in [-0.05, 0) is 55.6 Å². The fraction of sp³-hybridized carbons (Fsp3) is 0.308. The highest BCUT2D eigenvalue weighted by molar-refractivity contribution is 5.88. The molecule has 6 rings (SSSR count). The number of pyridine rings is 1. The molecule has 1 unspecified atom stereocenters. The van der Waals surface area contributed by atoms with Crippen molar-refractivity contribution >= 4 is 5.78 Å². The van der Waals surface area contributed by atoms with Gasteiger partial charge >= 0.3 is 0 Å². The van der Waals surface area contributed by atoms with Crippen LogP contribution in [0, 0.1) is 5.92 Å². The largest absolute Gasteiger partial charge is 0.298 e. The van der Waals surface area contributed by atoms with Gasteiger partial charge in [0.1, 0.15) is 0 Å². The molecule has 1 aromatic heterocycles. The Morgan fingerprint density at radius 1 is 0.828 bits per heavy atom. The topological polar surface area (TPSA) is 33.2 Å². The number of carbonyl (C=O) groups is 1. The van der Waals surface area contributed by atoms with Crippen molar-refractivity contribution in [3.05, 3.63) is 102 Å². The minimum atomic E-state index is -0.457. The van der Waals surface area contributed by atoms with Crippen molar-refractivity contribution in [3.63, 3.8) is 0 Å². The van der Waals surface area contributed by atoms with Crippen molar-refractivity contribution in [2.75, 3.05) is 13.1 Å². The summed E-state index contributed by atoms with van der Waals surface area (Å²) >= 11 is 0. The maximum absolute atomic E-state index is 13.3. The van der Waals surface area contributed by atoms with Gasteiger partial charge in [-0.25, -0.2) is 0 Å². The van der Waals surface area contributed by atoms with Crippen molar-refractivity contribution in [1.82, 2.24) is 9.88 Å². The molecule has 3 aromatic rings. The summed E-state index contributed by atoms with van der Waals surface area (Å²) in [6.45, 7) is 2.06. The molecule has 0 radical (unpaired) electrons. The summed E-state index contributed by atoms with van der Waals surface area (Å²) in [5.41, 5.74) is 2.94. The molecular formula is C26H26N2O. The molecule has 0 amide bonds. The molecule has 2 bridgehead atoms. The average molecular weight is 383 g/mol. The first kappa shape index (κ1) is 18.3. The van der Waals surface area contributed by atoms with Crippen molar-refractivity contribution in [2.24, 2.45) is 5.92 Å². The number of piperidine rings is 3. The molecule has 1 atom stereocenters. The van der Waals surface area contributed by atoms with Crippen LogP contribution in [-0.4, -0.2) is 34.8 Å². The van der Waals surface area contributed by atoms with Crippen LogP contribution in [0.3, 0.4) is 0 Å². The molecule has 3 saturated heterocycles. The van der Waals surface area contributed by atoms with E-state index in [1.165, 1.54) is 11.1 Å². The van der Waals surface area contributed by atoms with E-state index in [4.69, 9.17) is 4.98 Å². The highest BCUT2D eigenvalue weighted by atomic mass is 16.1. The third-order valence-electron chi connectivity index (χ3n) is 6.84. The maximum Gasteiger partial charge on any atom is 0.153 e. The third kappa shape index (κ3) is 3.10. The summed E-state index contributed by atoms with van der Waals surface area (Å²) in [7, 11) is 0. The number of rotatable bonds is 5. The van der Waals surface area contributed by atoms with Crippen molar-refractivity contribution < 1.29 is 4.79 Å². The molecule has 3 heteroatoms. The minimum absolute atomic E-state index is 0.0510. The van der Waals surface area contributed by atoms with E-state index >= 15 is 0 Å². The van der Waals surface area contributed by atoms with Crippen LogP contribution in [0.2, 0.25) is 0 Å². The minimum Gasteiger partial charge on any atom is -0.298 e. The fourth-order valence-corrected chi connectivity index (χ4v) is 5.33. The number of fused-ring (bicyclic) bond motifs is 3. The normalized spacial score (nSPS) is 23.9. The molecule has 0 aliphatic carbocycles. The molecule has 2 aromatic carbocycles. The van der Waals surface area contributed by atoms with Gasteiger partial charge in [-0.3, -0.25) is 14.7 Å². The zero-order valence-corrected chi connectivity index (χ0v) is 16.6. The number of hydrogen-bond acceptors (Lipinski definition) is 3. The Balaban J connectivity index is 1.71. The van der Waals surface area contributed by atoms with E-state index < -0.39 is 5.41 Å². The van der Waals surface area contributed by atoms with Gasteiger partial charge in [0.15, 0.2) is 5.78 Å². The smallest absolute Gasteiger partial charge is 0.153 e. The molecular weight excluding hydrogens is 356 g/mol. The Kier molecular flexibility index (Phi) is 4.76. The molecule has 0 spiro atoms. The van der Waals surface area contributed by atoms with Crippen LogP contribution in [0.1, 0.15) is 36.1 Å². The summed E-state index contributed by atoms with van der Waals surface area (Å²) in [6.07, 6.45) is 4.63. The van der Waals surface area contributed by atoms with Gasteiger partial charge in [-0.1, -0.05) is 66.7 Å². The lowest BCUT2D eigenvalue weighted by atomic mass is 9.65. The van der Waals surface area contributed by atoms with Gasteiger partial charge in [0, 0.05) is 12.1 Å². The standard InChI is InChI=1S/C26H26N2O/c29-25-20-14-17-28(18-15-20)23(25)19-26(21-9-3-1-4-10-21,22-11-5-2-6-12-22)24-13-7-8-16-27-24/h1-13,16,20,23H,14-15,17-19H2. The van der Waals surface area contributed by atoms with Gasteiger partial charge in [0.2, 0.25) is 0 Å². The van der Waals surface area contributed by atoms with Gasteiger partial charge in [-0.15, -0.1) is 0 Å². The van der Waals surface area contributed by atoms with Crippen molar-refractivity contribution in [1.29, 1.82) is 0 Å². The molecule has 3 aliphatic heterocycles. The van der Waals surface area contributed by atoms with E-state index in [2.05, 4.69) is 77.7 Å². The average Bonchev–Trinajstić information content (AvgIpc) is 2.81. The van der Waals surface area contributed by atoms with Gasteiger partial charge in [0.25, 0.3) is 0 Å². The number of aromatic nitrogens is 1. The van der Waals surface area contributed by atoms with Crippen LogP contribution < -0.4 is 0 Å². The summed E-state index contributed by atoms with van der Waals surface area (Å²) in [5.74, 6) is 0.660. The summed E-state index contributed by atoms with van der Waals surface area (Å²) in [4.78, 5) is 20.5. The fourth-order valence-electron chi connectivity index (χ4n) is 5.33. The van der Waals surface area contributed by atoms with E-state index in [0.717, 1.165) is 38.0 Å². The molecule has 0 N–H and O–H groups in total. The second kappa shape index (κ2) is 7.57. The quantitative estimate of drug-likeness (QED) is 0.653.